The fourth-order valence-corrected chi connectivity index (χ4v) is 6.72. The van der Waals surface area contributed by atoms with Gasteiger partial charge in [-0.3, -0.25) is 14.6 Å². The number of halogens is 5. The van der Waals surface area contributed by atoms with Crippen LogP contribution in [0.25, 0.3) is 0 Å². The summed E-state index contributed by atoms with van der Waals surface area (Å²) in [5.74, 6) is -1.09. The van der Waals surface area contributed by atoms with Crippen LogP contribution in [0.4, 0.5) is 18.9 Å². The maximum absolute atomic E-state index is 14.2. The molecule has 0 aromatic heterocycles. The first-order valence-corrected chi connectivity index (χ1v) is 14.7. The minimum Gasteiger partial charge on any atom is -0.397 e. The van der Waals surface area contributed by atoms with Gasteiger partial charge < -0.3 is 11.1 Å². The summed E-state index contributed by atoms with van der Waals surface area (Å²) in [5, 5.41) is 2.40. The van der Waals surface area contributed by atoms with Gasteiger partial charge in [0.05, 0.1) is 32.5 Å². The van der Waals surface area contributed by atoms with Gasteiger partial charge in [0, 0.05) is 43.8 Å². The molecule has 0 unspecified atom stereocenters. The van der Waals surface area contributed by atoms with Crippen LogP contribution >= 0.6 is 23.2 Å². The number of nitrogens with two attached hydrogens (primary N) is 1. The Bertz CT molecular complexity index is 1340. The lowest BCUT2D eigenvalue weighted by Crippen LogP contribution is -2.49. The van der Waals surface area contributed by atoms with Gasteiger partial charge in [0.25, 0.3) is 5.91 Å². The number of anilines is 1. The molecule has 0 radical (unpaired) electrons. The Kier molecular flexibility index (Phi) is 8.54. The van der Waals surface area contributed by atoms with Crippen LogP contribution in [0.3, 0.4) is 0 Å². The van der Waals surface area contributed by atoms with Crippen molar-refractivity contribution in [1.82, 2.24) is 15.1 Å². The number of fused-ring (bicyclic) bond motifs is 1. The molecule has 2 fully saturated rings. The molecule has 2 aliphatic rings. The molecule has 2 heterocycles. The molecule has 4 rings (SSSR count). The van der Waals surface area contributed by atoms with Crippen molar-refractivity contribution >= 4 is 44.6 Å². The third-order valence-corrected chi connectivity index (χ3v) is 9.68. The van der Waals surface area contributed by atoms with Crippen molar-refractivity contribution in [2.45, 2.75) is 50.0 Å². The molecular weight excluding hydrogens is 564 g/mol. The van der Waals surface area contributed by atoms with Crippen molar-refractivity contribution in [3.63, 3.8) is 0 Å². The number of amides is 1. The van der Waals surface area contributed by atoms with E-state index in [0.717, 1.165) is 32.0 Å². The second kappa shape index (κ2) is 11.2. The molecule has 1 atom stereocenters. The molecule has 0 saturated carbocycles. The average Bonchev–Trinajstić information content (AvgIpc) is 3.32. The summed E-state index contributed by atoms with van der Waals surface area (Å²) in [6, 6.07) is 5.16. The van der Waals surface area contributed by atoms with Gasteiger partial charge in [-0.25, -0.2) is 8.42 Å². The van der Waals surface area contributed by atoms with Gasteiger partial charge in [-0.05, 0) is 54.8 Å². The van der Waals surface area contributed by atoms with Crippen molar-refractivity contribution in [2.75, 3.05) is 37.7 Å². The summed E-state index contributed by atoms with van der Waals surface area (Å²) in [6.07, 6.45) is -2.69. The fraction of sp³-hybridized carbons (Fsp3) is 0.480. The molecule has 1 amide bonds. The van der Waals surface area contributed by atoms with Gasteiger partial charge in [-0.15, -0.1) is 0 Å². The van der Waals surface area contributed by atoms with Crippen LogP contribution in [0.2, 0.25) is 10.0 Å². The molecule has 2 aromatic rings. The normalized spacial score (nSPS) is 18.9. The van der Waals surface area contributed by atoms with E-state index in [9.17, 15) is 26.4 Å². The largest absolute Gasteiger partial charge is 0.416 e. The van der Waals surface area contributed by atoms with Crippen molar-refractivity contribution in [1.29, 1.82) is 0 Å². The predicted molar refractivity (Wildman–Crippen MR) is 141 cm³/mol. The molecule has 0 aliphatic carbocycles. The van der Waals surface area contributed by atoms with Crippen LogP contribution in [0.1, 0.15) is 46.8 Å². The molecule has 38 heavy (non-hydrogen) atoms. The highest BCUT2D eigenvalue weighted by Gasteiger charge is 2.38. The maximum Gasteiger partial charge on any atom is 0.416 e. The number of hydrogen-bond acceptors (Lipinski definition) is 6. The molecule has 7 nitrogen and oxygen atoms in total. The van der Waals surface area contributed by atoms with Crippen LogP contribution in [-0.4, -0.2) is 62.1 Å². The number of alkyl halides is 3. The quantitative estimate of drug-likeness (QED) is 0.456. The second-order valence-corrected chi connectivity index (χ2v) is 12.6. The third-order valence-electron chi connectivity index (χ3n) is 7.19. The molecule has 2 aliphatic heterocycles. The zero-order chi connectivity index (χ0) is 27.8. The number of nitrogen functional groups attached to an aromatic ring is 1. The summed E-state index contributed by atoms with van der Waals surface area (Å²) < 4.78 is 67.3. The van der Waals surface area contributed by atoms with Crippen molar-refractivity contribution in [3.05, 3.63) is 56.6 Å². The second-order valence-electron chi connectivity index (χ2n) is 9.58. The minimum absolute atomic E-state index is 0.0237. The lowest BCUT2D eigenvalue weighted by Gasteiger charge is -2.38. The highest BCUT2D eigenvalue weighted by atomic mass is 35.5. The third kappa shape index (κ3) is 6.07. The van der Waals surface area contributed by atoms with E-state index in [1.165, 1.54) is 25.1 Å². The Hall–Kier alpha value is -2.05. The number of hydrogen-bond donors (Lipinski definition) is 2. The van der Waals surface area contributed by atoms with Gasteiger partial charge in [0.15, 0.2) is 9.84 Å². The molecular formula is C25H29Cl2F3N4O3S. The number of nitrogens with one attached hydrogen (secondary N) is 1. The topological polar surface area (TPSA) is 95.7 Å². The minimum atomic E-state index is -4.77. The average molecular weight is 593 g/mol. The smallest absolute Gasteiger partial charge is 0.397 e. The van der Waals surface area contributed by atoms with E-state index in [4.69, 9.17) is 28.9 Å². The molecule has 3 N–H and O–H groups in total. The standard InChI is InChI=1S/C25H29Cl2F3N4O3S/c1-2-38(36,37)21-6-5-16(26)10-15(21)12-32-24(35)18-11-20(25(28,29)30)19(22(27)23(18)31)14-33-8-9-34-7-3-4-17(34)13-33/h5-6,10-11,17H,2-4,7-9,12-14,31H2,1H3,(H,32,35)/t17-/m0/s1. The van der Waals surface area contributed by atoms with E-state index in [1.54, 1.807) is 0 Å². The number of piperazine rings is 1. The van der Waals surface area contributed by atoms with Crippen LogP contribution < -0.4 is 11.1 Å². The first kappa shape index (κ1) is 28.9. The van der Waals surface area contributed by atoms with Gasteiger partial charge in [0.2, 0.25) is 0 Å². The SMILES string of the molecule is CCS(=O)(=O)c1ccc(Cl)cc1CNC(=O)c1cc(C(F)(F)F)c(CN2CCN3CCC[C@H]3C2)c(Cl)c1N. The van der Waals surface area contributed by atoms with E-state index in [2.05, 4.69) is 10.2 Å². The number of benzene rings is 2. The Morgan fingerprint density at radius 1 is 1.18 bits per heavy atom. The Morgan fingerprint density at radius 3 is 2.61 bits per heavy atom. The van der Waals surface area contributed by atoms with Crippen molar-refractivity contribution in [3.8, 4) is 0 Å². The Morgan fingerprint density at radius 2 is 1.92 bits per heavy atom. The van der Waals surface area contributed by atoms with Gasteiger partial charge in [0.1, 0.15) is 0 Å². The number of carbonyl (C=O) groups is 1. The maximum atomic E-state index is 14.2. The van der Waals surface area contributed by atoms with E-state index in [0.29, 0.717) is 19.1 Å². The van der Waals surface area contributed by atoms with Crippen molar-refractivity contribution < 1.29 is 26.4 Å². The number of carbonyl (C=O) groups excluding carboxylic acids is 1. The van der Waals surface area contributed by atoms with Crippen LogP contribution in [0.5, 0.6) is 0 Å². The molecule has 2 aromatic carbocycles. The number of rotatable bonds is 7. The zero-order valence-electron chi connectivity index (χ0n) is 20.7. The summed E-state index contributed by atoms with van der Waals surface area (Å²) in [4.78, 5) is 17.3. The lowest BCUT2D eigenvalue weighted by molar-refractivity contribution is -0.138. The summed E-state index contributed by atoms with van der Waals surface area (Å²) in [5.41, 5.74) is 4.42. The van der Waals surface area contributed by atoms with E-state index in [-0.39, 0.29) is 50.6 Å². The summed E-state index contributed by atoms with van der Waals surface area (Å²) >= 11 is 12.4. The van der Waals surface area contributed by atoms with Crippen molar-refractivity contribution in [2.24, 2.45) is 0 Å². The highest BCUT2D eigenvalue weighted by molar-refractivity contribution is 7.91. The lowest BCUT2D eigenvalue weighted by atomic mass is 9.99. The Balaban J connectivity index is 1.61. The Labute approximate surface area is 230 Å². The van der Waals surface area contributed by atoms with Gasteiger partial charge in [-0.2, -0.15) is 13.2 Å². The molecule has 208 valence electrons. The van der Waals surface area contributed by atoms with Gasteiger partial charge in [-0.1, -0.05) is 30.1 Å². The summed E-state index contributed by atoms with van der Waals surface area (Å²) in [6.45, 7) is 4.17. The zero-order valence-corrected chi connectivity index (χ0v) is 23.1. The highest BCUT2D eigenvalue weighted by Crippen LogP contribution is 2.40. The molecule has 13 heteroatoms. The van der Waals surface area contributed by atoms with Crippen LogP contribution in [0, 0.1) is 0 Å². The van der Waals surface area contributed by atoms with E-state index >= 15 is 0 Å². The summed E-state index contributed by atoms with van der Waals surface area (Å²) in [7, 11) is -3.64. The molecule has 0 spiro atoms. The predicted octanol–water partition coefficient (Wildman–Crippen LogP) is 4.60. The van der Waals surface area contributed by atoms with E-state index in [1.807, 2.05) is 4.90 Å². The number of nitrogens with zero attached hydrogens (tertiary/aromatic N) is 2. The molecule has 0 bridgehead atoms. The van der Waals surface area contributed by atoms with Crippen LogP contribution in [-0.2, 0) is 29.1 Å². The first-order valence-electron chi connectivity index (χ1n) is 12.3. The van der Waals surface area contributed by atoms with Crippen LogP contribution in [0.15, 0.2) is 29.2 Å². The van der Waals surface area contributed by atoms with E-state index < -0.39 is 33.0 Å². The fourth-order valence-electron chi connectivity index (χ4n) is 5.14. The van der Waals surface area contributed by atoms with Gasteiger partial charge >= 0.3 is 6.18 Å². The first-order chi connectivity index (χ1) is 17.8. The monoisotopic (exact) mass is 592 g/mol. The molecule has 2 saturated heterocycles. The number of sulfone groups is 1.